The third kappa shape index (κ3) is 3.83. The van der Waals surface area contributed by atoms with Crippen LogP contribution in [0.25, 0.3) is 0 Å². The van der Waals surface area contributed by atoms with Crippen LogP contribution in [-0.4, -0.2) is 61.7 Å². The van der Waals surface area contributed by atoms with E-state index in [4.69, 9.17) is 5.11 Å². The van der Waals surface area contributed by atoms with Gasteiger partial charge >= 0.3 is 12.3 Å². The summed E-state index contributed by atoms with van der Waals surface area (Å²) >= 11 is 0. The van der Waals surface area contributed by atoms with Crippen LogP contribution in [0.4, 0.5) is 28.3 Å². The Kier molecular flexibility index (Phi) is 4.19. The molecule has 2 N–H and O–H groups in total. The van der Waals surface area contributed by atoms with Crippen LogP contribution in [0.3, 0.4) is 0 Å². The summed E-state index contributed by atoms with van der Waals surface area (Å²) in [6, 6.07) is -1.28. The number of amides is 2. The molecule has 0 unspecified atom stereocenters. The van der Waals surface area contributed by atoms with Gasteiger partial charge in [0.1, 0.15) is 25.1 Å². The van der Waals surface area contributed by atoms with Gasteiger partial charge in [-0.2, -0.15) is 13.2 Å². The first-order valence-electron chi connectivity index (χ1n) is 6.06. The summed E-state index contributed by atoms with van der Waals surface area (Å²) < 4.78 is 50.2. The smallest absolute Gasteiger partial charge is 0.408 e. The maximum absolute atomic E-state index is 13.2. The molecule has 2 amide bonds. The summed E-state index contributed by atoms with van der Waals surface area (Å²) in [6.07, 6.45) is -7.01. The fourth-order valence-corrected chi connectivity index (χ4v) is 2.05. The fourth-order valence-electron chi connectivity index (χ4n) is 2.05. The van der Waals surface area contributed by atoms with Crippen LogP contribution < -0.4 is 5.32 Å². The minimum absolute atomic E-state index is 0.332. The Hall–Kier alpha value is -2.40. The second-order valence-electron chi connectivity index (χ2n) is 4.65. The van der Waals surface area contributed by atoms with Crippen molar-refractivity contribution in [2.75, 3.05) is 11.9 Å². The standard InChI is InChI=1S/C10H11F4N5O3/c11-5-1-6(19(2-5)9(21)22)7(20)16-8-15-4-18(17-8)3-10(12,13)14/h4-6H,1-3H2,(H,21,22)(H,16,17,20)/t5-,6+/m1/s1. The van der Waals surface area contributed by atoms with Gasteiger partial charge in [0, 0.05) is 6.42 Å². The zero-order valence-electron chi connectivity index (χ0n) is 10.9. The lowest BCUT2D eigenvalue weighted by molar-refractivity contribution is -0.142. The zero-order chi connectivity index (χ0) is 16.5. The van der Waals surface area contributed by atoms with Crippen molar-refractivity contribution >= 4 is 17.9 Å². The highest BCUT2D eigenvalue weighted by molar-refractivity contribution is 5.95. The average molecular weight is 325 g/mol. The average Bonchev–Trinajstić information content (AvgIpc) is 2.94. The predicted molar refractivity (Wildman–Crippen MR) is 62.7 cm³/mol. The molecule has 1 aromatic heterocycles. The molecular formula is C10H11F4N5O3. The lowest BCUT2D eigenvalue weighted by atomic mass is 10.2. The van der Waals surface area contributed by atoms with E-state index < -0.39 is 49.4 Å². The fraction of sp³-hybridized carbons (Fsp3) is 0.600. The van der Waals surface area contributed by atoms with Gasteiger partial charge in [-0.1, -0.05) is 0 Å². The molecule has 22 heavy (non-hydrogen) atoms. The van der Waals surface area contributed by atoms with E-state index in [2.05, 4.69) is 15.4 Å². The van der Waals surface area contributed by atoms with Crippen LogP contribution in [0.1, 0.15) is 6.42 Å². The molecule has 1 aliphatic heterocycles. The molecule has 1 aliphatic rings. The maximum atomic E-state index is 13.2. The number of rotatable bonds is 3. The van der Waals surface area contributed by atoms with Gasteiger partial charge in [0.2, 0.25) is 11.9 Å². The largest absolute Gasteiger partial charge is 0.465 e. The Morgan fingerprint density at radius 1 is 1.45 bits per heavy atom. The monoisotopic (exact) mass is 325 g/mol. The van der Waals surface area contributed by atoms with Crippen LogP contribution >= 0.6 is 0 Å². The molecule has 2 rings (SSSR count). The van der Waals surface area contributed by atoms with Gasteiger partial charge in [0.05, 0.1) is 6.54 Å². The highest BCUT2D eigenvalue weighted by atomic mass is 19.4. The normalized spacial score (nSPS) is 21.9. The lowest BCUT2D eigenvalue weighted by Crippen LogP contribution is -2.42. The molecule has 122 valence electrons. The minimum atomic E-state index is -4.50. The van der Waals surface area contributed by atoms with E-state index in [9.17, 15) is 27.2 Å². The molecule has 0 spiro atoms. The summed E-state index contributed by atoms with van der Waals surface area (Å²) in [4.78, 5) is 26.8. The molecule has 1 aromatic rings. The Balaban J connectivity index is 2.01. The number of hydrogen-bond donors (Lipinski definition) is 2. The quantitative estimate of drug-likeness (QED) is 0.803. The number of likely N-dealkylation sites (tertiary alicyclic amines) is 1. The number of alkyl halides is 4. The van der Waals surface area contributed by atoms with E-state index in [-0.39, 0.29) is 6.42 Å². The van der Waals surface area contributed by atoms with Crippen LogP contribution in [0.5, 0.6) is 0 Å². The molecular weight excluding hydrogens is 314 g/mol. The molecule has 0 saturated carbocycles. The third-order valence-corrected chi connectivity index (χ3v) is 2.91. The van der Waals surface area contributed by atoms with Gasteiger partial charge in [-0.15, -0.1) is 5.10 Å². The van der Waals surface area contributed by atoms with Crippen molar-refractivity contribution in [2.24, 2.45) is 0 Å². The molecule has 0 radical (unpaired) electrons. The predicted octanol–water partition coefficient (Wildman–Crippen LogP) is 0.869. The zero-order valence-corrected chi connectivity index (χ0v) is 10.9. The SMILES string of the molecule is O=C(Nc1ncn(CC(F)(F)F)n1)[C@@H]1C[C@@H](F)CN1C(=O)O. The number of halogens is 4. The van der Waals surface area contributed by atoms with Crippen molar-refractivity contribution in [3.05, 3.63) is 6.33 Å². The van der Waals surface area contributed by atoms with Crippen molar-refractivity contribution in [3.63, 3.8) is 0 Å². The summed E-state index contributed by atoms with van der Waals surface area (Å²) in [7, 11) is 0. The van der Waals surface area contributed by atoms with Gasteiger partial charge < -0.3 is 5.11 Å². The first-order valence-corrected chi connectivity index (χ1v) is 6.06. The minimum Gasteiger partial charge on any atom is -0.465 e. The van der Waals surface area contributed by atoms with Crippen molar-refractivity contribution in [1.29, 1.82) is 0 Å². The summed E-state index contributed by atoms with van der Waals surface area (Å²) in [5.74, 6) is -1.31. The van der Waals surface area contributed by atoms with E-state index in [1.165, 1.54) is 0 Å². The molecule has 1 fully saturated rings. The van der Waals surface area contributed by atoms with Crippen LogP contribution in [0.2, 0.25) is 0 Å². The Bertz CT molecular complexity index is 575. The molecule has 0 bridgehead atoms. The highest BCUT2D eigenvalue weighted by Crippen LogP contribution is 2.22. The van der Waals surface area contributed by atoms with Gasteiger partial charge in [-0.3, -0.25) is 15.0 Å². The molecule has 0 aliphatic carbocycles. The second kappa shape index (κ2) is 5.77. The highest BCUT2D eigenvalue weighted by Gasteiger charge is 2.40. The first-order chi connectivity index (χ1) is 10.2. The summed E-state index contributed by atoms with van der Waals surface area (Å²) in [5, 5.41) is 14.3. The third-order valence-electron chi connectivity index (χ3n) is 2.91. The Morgan fingerprint density at radius 2 is 2.14 bits per heavy atom. The number of carbonyl (C=O) groups is 2. The van der Waals surface area contributed by atoms with Crippen molar-refractivity contribution in [2.45, 2.75) is 31.4 Å². The van der Waals surface area contributed by atoms with Crippen LogP contribution in [-0.2, 0) is 11.3 Å². The maximum Gasteiger partial charge on any atom is 0.408 e. The number of carbonyl (C=O) groups excluding carboxylic acids is 1. The first kappa shape index (κ1) is 16.0. The Labute approximate surface area is 120 Å². The number of aromatic nitrogens is 3. The van der Waals surface area contributed by atoms with Gasteiger partial charge in [0.25, 0.3) is 0 Å². The molecule has 2 heterocycles. The molecule has 2 atom stereocenters. The Morgan fingerprint density at radius 3 is 2.73 bits per heavy atom. The van der Waals surface area contributed by atoms with E-state index in [1.807, 2.05) is 0 Å². The lowest BCUT2D eigenvalue weighted by Gasteiger charge is -2.19. The van der Waals surface area contributed by atoms with E-state index in [1.54, 1.807) is 0 Å². The molecule has 8 nitrogen and oxygen atoms in total. The van der Waals surface area contributed by atoms with E-state index >= 15 is 0 Å². The van der Waals surface area contributed by atoms with Gasteiger partial charge in [0.15, 0.2) is 0 Å². The number of nitrogens with one attached hydrogen (secondary N) is 1. The van der Waals surface area contributed by atoms with Crippen LogP contribution in [0.15, 0.2) is 6.33 Å². The van der Waals surface area contributed by atoms with Crippen molar-refractivity contribution in [1.82, 2.24) is 19.7 Å². The molecule has 0 aromatic carbocycles. The number of carboxylic acid groups (broad SMARTS) is 1. The van der Waals surface area contributed by atoms with Crippen molar-refractivity contribution in [3.8, 4) is 0 Å². The van der Waals surface area contributed by atoms with Crippen molar-refractivity contribution < 1.29 is 32.3 Å². The number of nitrogens with zero attached hydrogens (tertiary/aromatic N) is 4. The number of hydrogen-bond acceptors (Lipinski definition) is 4. The van der Waals surface area contributed by atoms with E-state index in [0.717, 1.165) is 6.33 Å². The second-order valence-corrected chi connectivity index (χ2v) is 4.65. The van der Waals surface area contributed by atoms with Crippen LogP contribution in [0, 0.1) is 0 Å². The summed E-state index contributed by atoms with van der Waals surface area (Å²) in [5.41, 5.74) is 0. The van der Waals surface area contributed by atoms with Gasteiger partial charge in [-0.05, 0) is 0 Å². The molecule has 1 saturated heterocycles. The van der Waals surface area contributed by atoms with Gasteiger partial charge in [-0.25, -0.2) is 18.9 Å². The number of anilines is 1. The van der Waals surface area contributed by atoms with E-state index in [0.29, 0.717) is 9.58 Å². The summed E-state index contributed by atoms with van der Waals surface area (Å²) in [6.45, 7) is -1.82. The topological polar surface area (TPSA) is 100 Å². The molecule has 12 heteroatoms.